The van der Waals surface area contributed by atoms with Crippen molar-refractivity contribution in [3.05, 3.63) is 34.5 Å². The number of benzene rings is 1. The minimum atomic E-state index is 0.0890. The quantitative estimate of drug-likeness (QED) is 0.808. The number of rotatable bonds is 3. The number of anilines is 2. The Morgan fingerprint density at radius 1 is 1.16 bits per heavy atom. The second-order valence-electron chi connectivity index (χ2n) is 5.43. The highest BCUT2D eigenvalue weighted by Gasteiger charge is 2.27. The molecule has 0 fully saturated rings. The van der Waals surface area contributed by atoms with Crippen molar-refractivity contribution >= 4 is 28.5 Å². The number of aliphatic imine (C=N–C) groups is 1. The van der Waals surface area contributed by atoms with Crippen LogP contribution in [0.5, 0.6) is 11.5 Å². The summed E-state index contributed by atoms with van der Waals surface area (Å²) in [4.78, 5) is 10.3. The van der Waals surface area contributed by atoms with Crippen molar-refractivity contribution in [3.63, 3.8) is 0 Å². The second-order valence-corrected chi connectivity index (χ2v) is 6.34. The fourth-order valence-corrected chi connectivity index (χ4v) is 3.64. The third-order valence-electron chi connectivity index (χ3n) is 4.16. The molecule has 0 radical (unpaired) electrons. The lowest BCUT2D eigenvalue weighted by Crippen LogP contribution is -2.38. The summed E-state index contributed by atoms with van der Waals surface area (Å²) in [5.41, 5.74) is 2.14. The van der Waals surface area contributed by atoms with Gasteiger partial charge < -0.3 is 19.3 Å². The molecule has 2 aromatic rings. The molecule has 136 valence electrons. The number of hydrogen-bond donors (Lipinski definition) is 0. The molecule has 6 heteroatoms. The van der Waals surface area contributed by atoms with Gasteiger partial charge in [0, 0.05) is 20.2 Å². The smallest absolute Gasteiger partial charge is 0.149 e. The average molecular weight is 362 g/mol. The zero-order chi connectivity index (χ0) is 18.6. The van der Waals surface area contributed by atoms with Gasteiger partial charge in [-0.3, -0.25) is 0 Å². The molecule has 1 aliphatic heterocycles. The van der Waals surface area contributed by atoms with Crippen molar-refractivity contribution in [1.29, 1.82) is 0 Å². The van der Waals surface area contributed by atoms with Crippen LogP contribution in [0, 0.1) is 0 Å². The monoisotopic (exact) mass is 361 g/mol. The van der Waals surface area contributed by atoms with Crippen molar-refractivity contribution < 1.29 is 9.47 Å². The fraction of sp³-hybridized carbons (Fsp3) is 0.421. The van der Waals surface area contributed by atoms with Crippen LogP contribution in [0.4, 0.5) is 11.4 Å². The first-order chi connectivity index (χ1) is 12.1. The van der Waals surface area contributed by atoms with Crippen LogP contribution < -0.4 is 19.3 Å². The largest absolute Gasteiger partial charge is 0.497 e. The van der Waals surface area contributed by atoms with E-state index in [2.05, 4.69) is 35.2 Å². The molecule has 3 rings (SSSR count). The molecule has 0 aliphatic carbocycles. The Labute approximate surface area is 154 Å². The van der Waals surface area contributed by atoms with Crippen LogP contribution in [0.3, 0.4) is 0 Å². The van der Waals surface area contributed by atoms with Gasteiger partial charge in [-0.2, -0.15) is 0 Å². The molecular weight excluding hydrogens is 334 g/mol. The predicted octanol–water partition coefficient (Wildman–Crippen LogP) is 4.47. The number of methoxy groups -OCH3 is 2. The highest BCUT2D eigenvalue weighted by atomic mass is 32.1. The summed E-state index contributed by atoms with van der Waals surface area (Å²) in [6.07, 6.45) is 0.0890. The molecule has 1 aromatic carbocycles. The van der Waals surface area contributed by atoms with E-state index in [9.17, 15) is 0 Å². The van der Waals surface area contributed by atoms with E-state index in [0.29, 0.717) is 0 Å². The summed E-state index contributed by atoms with van der Waals surface area (Å²) >= 11 is 1.70. The summed E-state index contributed by atoms with van der Waals surface area (Å²) < 4.78 is 10.9. The van der Waals surface area contributed by atoms with E-state index in [1.54, 1.807) is 25.6 Å². The lowest BCUT2D eigenvalue weighted by Gasteiger charge is -2.33. The Balaban J connectivity index is 0.00000109. The Morgan fingerprint density at radius 3 is 2.52 bits per heavy atom. The number of hydrogen-bond acceptors (Lipinski definition) is 6. The topological polar surface area (TPSA) is 37.3 Å². The highest BCUT2D eigenvalue weighted by molar-refractivity contribution is 7.13. The Hall–Kier alpha value is -2.21. The highest BCUT2D eigenvalue weighted by Crippen LogP contribution is 2.37. The second kappa shape index (κ2) is 8.25. The molecule has 1 aromatic heterocycles. The third kappa shape index (κ3) is 3.58. The number of nitrogens with zero attached hydrogens (tertiary/aromatic N) is 3. The van der Waals surface area contributed by atoms with Gasteiger partial charge >= 0.3 is 0 Å². The zero-order valence-electron chi connectivity index (χ0n) is 16.0. The molecule has 0 saturated heterocycles. The van der Waals surface area contributed by atoms with Gasteiger partial charge in [0.15, 0.2) is 0 Å². The van der Waals surface area contributed by atoms with Gasteiger partial charge in [0.2, 0.25) is 0 Å². The van der Waals surface area contributed by atoms with Crippen LogP contribution in [0.1, 0.15) is 25.6 Å². The zero-order valence-corrected chi connectivity index (χ0v) is 16.8. The lowest BCUT2D eigenvalue weighted by molar-refractivity contribution is 0.404. The maximum absolute atomic E-state index is 5.51. The van der Waals surface area contributed by atoms with Crippen molar-refractivity contribution in [1.82, 2.24) is 0 Å². The molecule has 1 unspecified atom stereocenters. The predicted molar refractivity (Wildman–Crippen MR) is 108 cm³/mol. The molecule has 2 heterocycles. The van der Waals surface area contributed by atoms with Gasteiger partial charge in [0.05, 0.1) is 30.5 Å². The number of amidine groups is 1. The van der Waals surface area contributed by atoms with E-state index in [-0.39, 0.29) is 6.17 Å². The van der Waals surface area contributed by atoms with E-state index in [1.807, 2.05) is 39.1 Å². The van der Waals surface area contributed by atoms with Crippen molar-refractivity contribution in [2.75, 3.05) is 38.1 Å². The summed E-state index contributed by atoms with van der Waals surface area (Å²) in [5, 5.41) is 2.10. The maximum Gasteiger partial charge on any atom is 0.149 e. The Morgan fingerprint density at radius 2 is 1.88 bits per heavy atom. The maximum atomic E-state index is 5.51. The fourth-order valence-electron chi connectivity index (χ4n) is 2.68. The van der Waals surface area contributed by atoms with Crippen LogP contribution in [0.15, 0.2) is 34.6 Å². The molecule has 5 nitrogen and oxygen atoms in total. The van der Waals surface area contributed by atoms with Gasteiger partial charge in [-0.05, 0) is 30.5 Å². The van der Waals surface area contributed by atoms with E-state index < -0.39 is 0 Å². The molecule has 1 atom stereocenters. The molecule has 0 amide bonds. The standard InChI is InChI=1S/C17H21N3O2S.C2H6/c1-11-18-17(16-13(19(11)2)8-9-23-16)20(3)14-10-12(21-4)6-7-15(14)22-5;1-2/h6-11H,1-5H3;1-2H3. The SMILES string of the molecule is CC.COc1ccc(OC)c(N(C)C2=NC(C)N(C)c3ccsc32)c1. The summed E-state index contributed by atoms with van der Waals surface area (Å²) in [5.74, 6) is 2.54. The molecule has 0 saturated carbocycles. The van der Waals surface area contributed by atoms with Crippen LogP contribution in [0.25, 0.3) is 0 Å². The molecule has 0 bridgehead atoms. The lowest BCUT2D eigenvalue weighted by atomic mass is 10.2. The normalized spacial score (nSPS) is 15.6. The molecule has 1 aliphatic rings. The van der Waals surface area contributed by atoms with E-state index in [4.69, 9.17) is 14.5 Å². The van der Waals surface area contributed by atoms with Gasteiger partial charge in [-0.1, -0.05) is 13.8 Å². The van der Waals surface area contributed by atoms with E-state index in [0.717, 1.165) is 27.9 Å². The molecule has 0 N–H and O–H groups in total. The van der Waals surface area contributed by atoms with E-state index in [1.165, 1.54) is 5.69 Å². The summed E-state index contributed by atoms with van der Waals surface area (Å²) in [7, 11) is 7.42. The number of fused-ring (bicyclic) bond motifs is 1. The number of ether oxygens (including phenoxy) is 2. The minimum absolute atomic E-state index is 0.0890. The van der Waals surface area contributed by atoms with Crippen LogP contribution >= 0.6 is 11.3 Å². The average Bonchev–Trinajstić information content (AvgIpc) is 3.15. The van der Waals surface area contributed by atoms with Crippen molar-refractivity contribution in [2.45, 2.75) is 26.9 Å². The molecule has 25 heavy (non-hydrogen) atoms. The van der Waals surface area contributed by atoms with Crippen LogP contribution in [0.2, 0.25) is 0 Å². The van der Waals surface area contributed by atoms with Crippen molar-refractivity contribution in [3.8, 4) is 11.5 Å². The van der Waals surface area contributed by atoms with E-state index >= 15 is 0 Å². The first kappa shape index (κ1) is 19.1. The Bertz CT molecular complexity index is 742. The Kier molecular flexibility index (Phi) is 6.31. The van der Waals surface area contributed by atoms with Crippen LogP contribution in [-0.4, -0.2) is 40.3 Å². The van der Waals surface area contributed by atoms with Gasteiger partial charge in [-0.25, -0.2) is 4.99 Å². The first-order valence-electron chi connectivity index (χ1n) is 8.41. The van der Waals surface area contributed by atoms with Gasteiger partial charge in [0.1, 0.15) is 23.5 Å². The summed E-state index contributed by atoms with van der Waals surface area (Å²) in [6.45, 7) is 6.09. The third-order valence-corrected chi connectivity index (χ3v) is 5.06. The minimum Gasteiger partial charge on any atom is -0.497 e. The molecular formula is C19H27N3O2S. The number of thiophene rings is 1. The van der Waals surface area contributed by atoms with Crippen molar-refractivity contribution in [2.24, 2.45) is 4.99 Å². The van der Waals surface area contributed by atoms with Crippen LogP contribution in [-0.2, 0) is 0 Å². The van der Waals surface area contributed by atoms with Gasteiger partial charge in [-0.15, -0.1) is 11.3 Å². The first-order valence-corrected chi connectivity index (χ1v) is 9.29. The van der Waals surface area contributed by atoms with Gasteiger partial charge in [0.25, 0.3) is 0 Å². The summed E-state index contributed by atoms with van der Waals surface area (Å²) in [6, 6.07) is 7.92. The molecule has 0 spiro atoms.